The van der Waals surface area contributed by atoms with E-state index in [-0.39, 0.29) is 23.0 Å². The van der Waals surface area contributed by atoms with Crippen LogP contribution in [0.25, 0.3) is 0 Å². The topological polar surface area (TPSA) is 52.7 Å². The van der Waals surface area contributed by atoms with Gasteiger partial charge in [-0.3, -0.25) is 9.59 Å². The Morgan fingerprint density at radius 3 is 2.38 bits per heavy atom. The maximum absolute atomic E-state index is 13.6. The highest BCUT2D eigenvalue weighted by molar-refractivity contribution is 6.02. The molecule has 1 N–H and O–H groups in total. The van der Waals surface area contributed by atoms with E-state index in [9.17, 15) is 9.59 Å². The average Bonchev–Trinajstić information content (AvgIpc) is 2.86. The predicted octanol–water partition coefficient (Wildman–Crippen LogP) is 5.41. The maximum atomic E-state index is 13.6. The van der Waals surface area contributed by atoms with Crippen molar-refractivity contribution < 1.29 is 9.59 Å². The summed E-state index contributed by atoms with van der Waals surface area (Å²) in [5.74, 6) is -0.466. The van der Waals surface area contributed by atoms with E-state index in [4.69, 9.17) is 0 Å². The van der Waals surface area contributed by atoms with Crippen molar-refractivity contribution >= 4 is 28.8 Å². The third-order valence-electron chi connectivity index (χ3n) is 6.38. The molecular weight excluding hydrogens is 398 g/mol. The van der Waals surface area contributed by atoms with Crippen LogP contribution in [0.3, 0.4) is 0 Å². The first-order chi connectivity index (χ1) is 15.1. The lowest BCUT2D eigenvalue weighted by molar-refractivity contribution is -0.125. The number of anilines is 3. The summed E-state index contributed by atoms with van der Waals surface area (Å²) in [4.78, 5) is 31.2. The summed E-state index contributed by atoms with van der Waals surface area (Å²) >= 11 is 0. The Hall–Kier alpha value is -3.08. The number of fused-ring (bicyclic) bond motifs is 2. The molecule has 0 saturated heterocycles. The van der Waals surface area contributed by atoms with Gasteiger partial charge >= 0.3 is 0 Å². The summed E-state index contributed by atoms with van der Waals surface area (Å²) < 4.78 is 0. The minimum absolute atomic E-state index is 0.0137. The first kappa shape index (κ1) is 22.1. The molecule has 0 spiro atoms. The number of rotatable bonds is 3. The maximum Gasteiger partial charge on any atom is 0.230 e. The van der Waals surface area contributed by atoms with Gasteiger partial charge in [-0.1, -0.05) is 58.0 Å². The molecule has 168 valence electrons. The van der Waals surface area contributed by atoms with Crippen LogP contribution in [0.2, 0.25) is 0 Å². The van der Waals surface area contributed by atoms with Crippen LogP contribution in [-0.4, -0.2) is 25.8 Å². The smallest absolute Gasteiger partial charge is 0.230 e. The Morgan fingerprint density at radius 2 is 1.75 bits per heavy atom. The molecule has 5 heteroatoms. The van der Waals surface area contributed by atoms with Crippen molar-refractivity contribution in [3.8, 4) is 0 Å². The van der Waals surface area contributed by atoms with Crippen molar-refractivity contribution in [1.82, 2.24) is 0 Å². The number of nitrogens with one attached hydrogen (secondary N) is 1. The summed E-state index contributed by atoms with van der Waals surface area (Å²) in [6.45, 7) is 8.01. The number of allylic oxidation sites excluding steroid dienone is 1. The zero-order valence-electron chi connectivity index (χ0n) is 19.8. The summed E-state index contributed by atoms with van der Waals surface area (Å²) in [5, 5.41) is 3.54. The normalized spacial score (nSPS) is 21.8. The lowest BCUT2D eigenvalue weighted by Crippen LogP contribution is -2.45. The van der Waals surface area contributed by atoms with E-state index in [1.54, 1.807) is 0 Å². The number of benzene rings is 2. The zero-order valence-corrected chi connectivity index (χ0v) is 19.8. The summed E-state index contributed by atoms with van der Waals surface area (Å²) in [6, 6.07) is 15.7. The van der Waals surface area contributed by atoms with Gasteiger partial charge < -0.3 is 15.1 Å². The lowest BCUT2D eigenvalue weighted by atomic mass is 9.72. The number of hydrogen-bond acceptors (Lipinski definition) is 4. The van der Waals surface area contributed by atoms with Crippen molar-refractivity contribution in [1.29, 1.82) is 0 Å². The van der Waals surface area contributed by atoms with Crippen LogP contribution in [0, 0.1) is 17.3 Å². The van der Waals surface area contributed by atoms with Gasteiger partial charge in [0, 0.05) is 37.8 Å². The van der Waals surface area contributed by atoms with Crippen LogP contribution in [0.5, 0.6) is 0 Å². The molecule has 5 nitrogen and oxygen atoms in total. The molecule has 2 aromatic rings. The first-order valence-corrected chi connectivity index (χ1v) is 11.3. The van der Waals surface area contributed by atoms with Crippen molar-refractivity contribution in [3.63, 3.8) is 0 Å². The highest BCUT2D eigenvalue weighted by Gasteiger charge is 2.46. The van der Waals surface area contributed by atoms with Crippen LogP contribution in [-0.2, 0) is 9.59 Å². The molecule has 32 heavy (non-hydrogen) atoms. The third kappa shape index (κ3) is 3.92. The Kier molecular flexibility index (Phi) is 5.61. The van der Waals surface area contributed by atoms with Crippen LogP contribution in [0.4, 0.5) is 17.1 Å². The van der Waals surface area contributed by atoms with E-state index in [1.807, 2.05) is 62.0 Å². The van der Waals surface area contributed by atoms with Gasteiger partial charge in [-0.05, 0) is 35.2 Å². The molecule has 0 bridgehead atoms. The second-order valence-electron chi connectivity index (χ2n) is 10.1. The molecule has 0 fully saturated rings. The second kappa shape index (κ2) is 8.12. The average molecular weight is 432 g/mol. The number of hydrogen-bond donors (Lipinski definition) is 1. The number of carbonyl (C=O) groups excluding carboxylic acids is 2. The van der Waals surface area contributed by atoms with Crippen molar-refractivity contribution in [2.45, 2.75) is 40.2 Å². The molecule has 1 heterocycles. The fourth-order valence-electron chi connectivity index (χ4n) is 4.84. The van der Waals surface area contributed by atoms with Crippen molar-refractivity contribution in [3.05, 3.63) is 65.9 Å². The molecule has 1 amide bonds. The van der Waals surface area contributed by atoms with Crippen molar-refractivity contribution in [2.24, 2.45) is 17.3 Å². The Balaban J connectivity index is 1.97. The number of carbonyl (C=O) groups is 2. The highest BCUT2D eigenvalue weighted by Crippen LogP contribution is 2.49. The van der Waals surface area contributed by atoms with E-state index < -0.39 is 12.0 Å². The van der Waals surface area contributed by atoms with E-state index >= 15 is 0 Å². The van der Waals surface area contributed by atoms with E-state index in [0.717, 1.165) is 28.3 Å². The van der Waals surface area contributed by atoms with Gasteiger partial charge in [-0.2, -0.15) is 0 Å². The van der Waals surface area contributed by atoms with Crippen molar-refractivity contribution in [2.75, 3.05) is 29.2 Å². The minimum Gasteiger partial charge on any atom is -0.378 e. The molecule has 1 aliphatic carbocycles. The molecule has 0 saturated carbocycles. The largest absolute Gasteiger partial charge is 0.378 e. The van der Waals surface area contributed by atoms with Gasteiger partial charge in [0.15, 0.2) is 0 Å². The molecule has 2 atom stereocenters. The monoisotopic (exact) mass is 431 g/mol. The zero-order chi connectivity index (χ0) is 23.2. The molecular formula is C27H33N3O2. The summed E-state index contributed by atoms with van der Waals surface area (Å²) in [6.07, 6.45) is 2.63. The number of Topliss-reactive ketones (excluding diaryl/α,β-unsaturated/α-hetero) is 1. The molecule has 1 aliphatic heterocycles. The quantitative estimate of drug-likeness (QED) is 0.706. The third-order valence-corrected chi connectivity index (χ3v) is 6.38. The van der Waals surface area contributed by atoms with Gasteiger partial charge in [0.1, 0.15) is 5.78 Å². The Labute approximate surface area is 191 Å². The van der Waals surface area contributed by atoms with Crippen LogP contribution in [0.15, 0.2) is 60.3 Å². The number of ketones is 1. The molecule has 0 aromatic heterocycles. The Bertz CT molecular complexity index is 1070. The number of para-hydroxylation sites is 2. The lowest BCUT2D eigenvalue weighted by Gasteiger charge is -2.39. The number of nitrogens with zero attached hydrogens (tertiary/aromatic N) is 2. The summed E-state index contributed by atoms with van der Waals surface area (Å²) in [7, 11) is 4.01. The van der Waals surface area contributed by atoms with Gasteiger partial charge in [0.05, 0.1) is 23.3 Å². The highest BCUT2D eigenvalue weighted by atomic mass is 16.2. The standard InChI is InChI=1S/C27H33N3O2/c1-17(2)26(32)30-22-10-8-7-9-20(22)28-21-15-27(3,4)16-23(31)24(21)25(30)18-11-13-19(14-12-18)29(5)6/h7-15,17,24-25,28H,16H2,1-6H3. The molecule has 2 aromatic carbocycles. The second-order valence-corrected chi connectivity index (χ2v) is 10.1. The fraction of sp³-hybridized carbons (Fsp3) is 0.407. The van der Waals surface area contributed by atoms with Gasteiger partial charge in [0.25, 0.3) is 0 Å². The van der Waals surface area contributed by atoms with Gasteiger partial charge in [0.2, 0.25) is 5.91 Å². The Morgan fingerprint density at radius 1 is 1.09 bits per heavy atom. The molecule has 2 unspecified atom stereocenters. The minimum atomic E-state index is -0.441. The molecule has 4 rings (SSSR count). The molecule has 2 aliphatic rings. The van der Waals surface area contributed by atoms with E-state index in [0.29, 0.717) is 6.42 Å². The van der Waals surface area contributed by atoms with Crippen LogP contribution >= 0.6 is 0 Å². The van der Waals surface area contributed by atoms with Gasteiger partial charge in [-0.15, -0.1) is 0 Å². The number of amides is 1. The van der Waals surface area contributed by atoms with Gasteiger partial charge in [-0.25, -0.2) is 0 Å². The van der Waals surface area contributed by atoms with Crippen LogP contribution in [0.1, 0.15) is 45.7 Å². The van der Waals surface area contributed by atoms with E-state index in [2.05, 4.69) is 49.5 Å². The van der Waals surface area contributed by atoms with Crippen LogP contribution < -0.4 is 15.1 Å². The fourth-order valence-corrected chi connectivity index (χ4v) is 4.84. The first-order valence-electron chi connectivity index (χ1n) is 11.3. The van der Waals surface area contributed by atoms with E-state index in [1.165, 1.54) is 0 Å². The predicted molar refractivity (Wildman–Crippen MR) is 131 cm³/mol. The molecule has 0 radical (unpaired) electrons. The summed E-state index contributed by atoms with van der Waals surface area (Å²) in [5.41, 5.74) is 4.37. The SMILES string of the molecule is CC(C)C(=O)N1c2ccccc2NC2=CC(C)(C)CC(=O)C2C1c1ccc(N(C)C)cc1.